The lowest BCUT2D eigenvalue weighted by atomic mass is 10.2. The Bertz CT molecular complexity index is 338. The fourth-order valence-electron chi connectivity index (χ4n) is 2.12. The Morgan fingerprint density at radius 2 is 1.50 bits per heavy atom. The number of aliphatic hydroxyl groups is 2. The summed E-state index contributed by atoms with van der Waals surface area (Å²) in [7, 11) is -4.12. The van der Waals surface area contributed by atoms with Crippen LogP contribution in [-0.4, -0.2) is 90.2 Å². The third kappa shape index (κ3) is 6.62. The van der Waals surface area contributed by atoms with Gasteiger partial charge in [-0.15, -0.1) is 0 Å². The summed E-state index contributed by atoms with van der Waals surface area (Å²) in [6, 6.07) is 0. The van der Waals surface area contributed by atoms with Crippen molar-refractivity contribution in [3.63, 3.8) is 0 Å². The molecule has 108 valence electrons. The Hall–Kier alpha value is -0.250. The lowest BCUT2D eigenvalue weighted by Gasteiger charge is -2.35. The molecule has 0 bridgehead atoms. The summed E-state index contributed by atoms with van der Waals surface area (Å²) in [5.41, 5.74) is 0. The molecule has 1 rings (SSSR count). The summed E-state index contributed by atoms with van der Waals surface area (Å²) in [5.74, 6) is -0.624. The monoisotopic (exact) mass is 282 g/mol. The first-order chi connectivity index (χ1) is 8.26. The first-order valence-corrected chi connectivity index (χ1v) is 7.63. The van der Waals surface area contributed by atoms with E-state index in [0.29, 0.717) is 6.54 Å². The van der Waals surface area contributed by atoms with Crippen molar-refractivity contribution < 1.29 is 23.2 Å². The van der Waals surface area contributed by atoms with Gasteiger partial charge in [-0.3, -0.25) is 14.4 Å². The topological polar surface area (TPSA) is 101 Å². The zero-order valence-electron chi connectivity index (χ0n) is 10.6. The van der Waals surface area contributed by atoms with E-state index in [0.717, 1.165) is 26.2 Å². The number of rotatable bonds is 6. The van der Waals surface area contributed by atoms with Crippen molar-refractivity contribution in [2.75, 3.05) is 45.0 Å². The predicted molar refractivity (Wildman–Crippen MR) is 67.0 cm³/mol. The van der Waals surface area contributed by atoms with E-state index in [1.54, 1.807) is 6.92 Å². The molecule has 8 heteroatoms. The summed E-state index contributed by atoms with van der Waals surface area (Å²) >= 11 is 0. The van der Waals surface area contributed by atoms with Gasteiger partial charge in [0.2, 0.25) is 0 Å². The zero-order valence-corrected chi connectivity index (χ0v) is 11.4. The van der Waals surface area contributed by atoms with Gasteiger partial charge in [-0.2, -0.15) is 8.42 Å². The van der Waals surface area contributed by atoms with Crippen molar-refractivity contribution in [2.24, 2.45) is 0 Å². The lowest BCUT2D eigenvalue weighted by molar-refractivity contribution is 0.0579. The largest absolute Gasteiger partial charge is 0.392 e. The van der Waals surface area contributed by atoms with Gasteiger partial charge in [0.25, 0.3) is 10.1 Å². The summed E-state index contributed by atoms with van der Waals surface area (Å²) in [6.45, 7) is 5.60. The minimum atomic E-state index is -4.12. The van der Waals surface area contributed by atoms with Crippen molar-refractivity contribution >= 4 is 10.1 Å². The fourth-order valence-corrected chi connectivity index (χ4v) is 2.71. The Balaban J connectivity index is 2.27. The van der Waals surface area contributed by atoms with Gasteiger partial charge < -0.3 is 10.2 Å². The number of hydrogen-bond acceptors (Lipinski definition) is 6. The Morgan fingerprint density at radius 3 is 1.89 bits per heavy atom. The second kappa shape index (κ2) is 6.78. The molecule has 7 nitrogen and oxygen atoms in total. The van der Waals surface area contributed by atoms with E-state index in [2.05, 4.69) is 4.90 Å². The fraction of sp³-hybridized carbons (Fsp3) is 1.00. The molecule has 1 aliphatic heterocycles. The molecule has 0 saturated carbocycles. The van der Waals surface area contributed by atoms with Gasteiger partial charge in [0.1, 0.15) is 5.75 Å². The van der Waals surface area contributed by atoms with Crippen LogP contribution >= 0.6 is 0 Å². The second-order valence-electron chi connectivity index (χ2n) is 4.85. The molecule has 0 aliphatic carbocycles. The van der Waals surface area contributed by atoms with Crippen molar-refractivity contribution in [1.82, 2.24) is 9.80 Å². The highest BCUT2D eigenvalue weighted by molar-refractivity contribution is 7.85. The maximum Gasteiger partial charge on any atom is 0.267 e. The van der Waals surface area contributed by atoms with Gasteiger partial charge >= 0.3 is 0 Å². The van der Waals surface area contributed by atoms with Crippen molar-refractivity contribution in [3.8, 4) is 0 Å². The van der Waals surface area contributed by atoms with Crippen LogP contribution in [0.5, 0.6) is 0 Å². The smallest absolute Gasteiger partial charge is 0.267 e. The van der Waals surface area contributed by atoms with Crippen LogP contribution in [-0.2, 0) is 10.1 Å². The van der Waals surface area contributed by atoms with Crippen LogP contribution in [0.1, 0.15) is 6.92 Å². The molecule has 3 N–H and O–H groups in total. The molecule has 0 amide bonds. The number of hydrogen-bond donors (Lipinski definition) is 3. The van der Waals surface area contributed by atoms with E-state index in [1.165, 1.54) is 0 Å². The van der Waals surface area contributed by atoms with Crippen LogP contribution < -0.4 is 0 Å². The molecule has 1 heterocycles. The highest BCUT2D eigenvalue weighted by Crippen LogP contribution is 2.04. The Labute approximate surface area is 108 Å². The van der Waals surface area contributed by atoms with Crippen LogP contribution in [0.4, 0.5) is 0 Å². The number of β-amino-alcohol motifs (C(OH)–C–C–N with tert-alkyl or cyclic N) is 2. The van der Waals surface area contributed by atoms with Gasteiger partial charge in [0.05, 0.1) is 12.2 Å². The van der Waals surface area contributed by atoms with Gasteiger partial charge in [-0.05, 0) is 6.92 Å². The molecule has 1 fully saturated rings. The van der Waals surface area contributed by atoms with E-state index in [1.807, 2.05) is 4.90 Å². The molecular formula is C10H22N2O5S. The first kappa shape index (κ1) is 15.8. The summed E-state index contributed by atoms with van der Waals surface area (Å²) in [5, 5.41) is 18.8. The molecule has 1 saturated heterocycles. The van der Waals surface area contributed by atoms with Crippen LogP contribution in [0.25, 0.3) is 0 Å². The number of piperazine rings is 1. The molecule has 0 spiro atoms. The van der Waals surface area contributed by atoms with Crippen LogP contribution in [0, 0.1) is 0 Å². The van der Waals surface area contributed by atoms with E-state index >= 15 is 0 Å². The third-order valence-corrected chi connectivity index (χ3v) is 3.67. The van der Waals surface area contributed by atoms with Crippen LogP contribution in [0.3, 0.4) is 0 Å². The summed E-state index contributed by atoms with van der Waals surface area (Å²) in [6.07, 6.45) is -1.43. The van der Waals surface area contributed by atoms with Crippen molar-refractivity contribution in [2.45, 2.75) is 19.1 Å². The normalized spacial score (nSPS) is 22.9. The quantitative estimate of drug-likeness (QED) is 0.496. The molecular weight excluding hydrogens is 260 g/mol. The zero-order chi connectivity index (χ0) is 13.8. The van der Waals surface area contributed by atoms with E-state index in [-0.39, 0.29) is 12.6 Å². The summed E-state index contributed by atoms with van der Waals surface area (Å²) < 4.78 is 29.8. The van der Waals surface area contributed by atoms with Crippen molar-refractivity contribution in [3.05, 3.63) is 0 Å². The van der Waals surface area contributed by atoms with Crippen LogP contribution in [0.2, 0.25) is 0 Å². The van der Waals surface area contributed by atoms with E-state index in [9.17, 15) is 18.6 Å². The minimum absolute atomic E-state index is 0.238. The van der Waals surface area contributed by atoms with Gasteiger partial charge in [0, 0.05) is 39.3 Å². The van der Waals surface area contributed by atoms with Gasteiger partial charge in [-0.1, -0.05) is 0 Å². The van der Waals surface area contributed by atoms with Gasteiger partial charge in [-0.25, -0.2) is 0 Å². The van der Waals surface area contributed by atoms with E-state index < -0.39 is 22.0 Å². The highest BCUT2D eigenvalue weighted by atomic mass is 32.2. The molecule has 2 unspecified atom stereocenters. The van der Waals surface area contributed by atoms with Crippen molar-refractivity contribution in [1.29, 1.82) is 0 Å². The van der Waals surface area contributed by atoms with E-state index in [4.69, 9.17) is 4.55 Å². The second-order valence-corrected chi connectivity index (χ2v) is 6.35. The molecule has 1 aliphatic rings. The number of nitrogens with zero attached hydrogens (tertiary/aromatic N) is 2. The van der Waals surface area contributed by atoms with Crippen LogP contribution in [0.15, 0.2) is 0 Å². The number of aliphatic hydroxyl groups excluding tert-OH is 2. The standard InChI is InChI=1S/C10H22N2O5S/c1-9(13)6-11-2-4-12(5-3-11)7-10(14)8-18(15,16)17/h9-10,13-14H,2-8H2,1H3,(H,15,16,17). The maximum atomic E-state index is 10.6. The molecule has 0 aromatic heterocycles. The molecule has 2 atom stereocenters. The Kier molecular flexibility index (Phi) is 5.96. The molecule has 0 radical (unpaired) electrons. The SMILES string of the molecule is CC(O)CN1CCN(CC(O)CS(=O)(=O)O)CC1. The molecule has 0 aromatic carbocycles. The predicted octanol–water partition coefficient (Wildman–Crippen LogP) is -1.77. The molecule has 18 heavy (non-hydrogen) atoms. The molecule has 0 aromatic rings. The minimum Gasteiger partial charge on any atom is -0.392 e. The Morgan fingerprint density at radius 1 is 1.06 bits per heavy atom. The highest BCUT2D eigenvalue weighted by Gasteiger charge is 2.22. The first-order valence-electron chi connectivity index (χ1n) is 6.02. The third-order valence-electron chi connectivity index (χ3n) is 2.86. The lowest BCUT2D eigenvalue weighted by Crippen LogP contribution is -2.50. The maximum absolute atomic E-state index is 10.6. The average molecular weight is 282 g/mol. The average Bonchev–Trinajstić information content (AvgIpc) is 2.17. The summed E-state index contributed by atoms with van der Waals surface area (Å²) in [4.78, 5) is 4.07. The van der Waals surface area contributed by atoms with Gasteiger partial charge in [0.15, 0.2) is 0 Å².